The van der Waals surface area contributed by atoms with E-state index in [0.717, 1.165) is 11.1 Å². The molecule has 0 atom stereocenters. The third-order valence-electron chi connectivity index (χ3n) is 4.23. The first-order valence-electron chi connectivity index (χ1n) is 8.83. The molecule has 3 rings (SSSR count). The van der Waals surface area contributed by atoms with Crippen LogP contribution < -0.4 is 5.32 Å². The van der Waals surface area contributed by atoms with Crippen molar-refractivity contribution in [1.29, 1.82) is 0 Å². The van der Waals surface area contributed by atoms with Crippen LogP contribution in [0.1, 0.15) is 37.5 Å². The van der Waals surface area contributed by atoms with Gasteiger partial charge in [-0.1, -0.05) is 57.2 Å². The first-order valence-corrected chi connectivity index (χ1v) is 8.83. The van der Waals surface area contributed by atoms with Crippen LogP contribution in [-0.4, -0.2) is 20.9 Å². The summed E-state index contributed by atoms with van der Waals surface area (Å²) in [7, 11) is 0. The smallest absolute Gasteiger partial charge is 0.230 e. The van der Waals surface area contributed by atoms with E-state index < -0.39 is 0 Å². The Morgan fingerprint density at radius 1 is 1.04 bits per heavy atom. The van der Waals surface area contributed by atoms with Crippen LogP contribution in [0.25, 0.3) is 0 Å². The number of aromatic nitrogens is 3. The molecule has 0 spiro atoms. The zero-order valence-electron chi connectivity index (χ0n) is 15.7. The first kappa shape index (κ1) is 18.8. The van der Waals surface area contributed by atoms with E-state index in [4.69, 9.17) is 0 Å². The second-order valence-electron chi connectivity index (χ2n) is 7.56. The van der Waals surface area contributed by atoms with Crippen molar-refractivity contribution >= 4 is 11.7 Å². The molecule has 0 saturated heterocycles. The van der Waals surface area contributed by atoms with Crippen molar-refractivity contribution in [3.05, 3.63) is 77.2 Å². The molecule has 0 aliphatic carbocycles. The Labute approximate surface area is 158 Å². The highest BCUT2D eigenvalue weighted by Crippen LogP contribution is 2.22. The molecule has 1 heterocycles. The zero-order valence-corrected chi connectivity index (χ0v) is 15.7. The lowest BCUT2D eigenvalue weighted by atomic mass is 9.86. The number of benzene rings is 2. The highest BCUT2D eigenvalue weighted by molar-refractivity contribution is 5.91. The summed E-state index contributed by atoms with van der Waals surface area (Å²) in [6.07, 6.45) is 1.78. The lowest BCUT2D eigenvalue weighted by molar-refractivity contribution is -0.115. The van der Waals surface area contributed by atoms with Gasteiger partial charge in [0, 0.05) is 0 Å². The van der Waals surface area contributed by atoms with Crippen LogP contribution in [0.4, 0.5) is 10.2 Å². The van der Waals surface area contributed by atoms with Crippen molar-refractivity contribution in [2.45, 2.75) is 39.2 Å². The van der Waals surface area contributed by atoms with Crippen molar-refractivity contribution in [2.75, 3.05) is 5.32 Å². The Hall–Kier alpha value is -3.02. The van der Waals surface area contributed by atoms with Crippen molar-refractivity contribution in [2.24, 2.45) is 0 Å². The average Bonchev–Trinajstić information content (AvgIpc) is 3.03. The van der Waals surface area contributed by atoms with Gasteiger partial charge in [0.1, 0.15) is 5.82 Å². The molecular weight excluding hydrogens is 343 g/mol. The molecule has 0 bridgehead atoms. The van der Waals surface area contributed by atoms with E-state index in [1.807, 2.05) is 12.1 Å². The quantitative estimate of drug-likeness (QED) is 0.744. The highest BCUT2D eigenvalue weighted by atomic mass is 19.1. The van der Waals surface area contributed by atoms with Crippen molar-refractivity contribution < 1.29 is 9.18 Å². The monoisotopic (exact) mass is 366 g/mol. The normalized spacial score (nSPS) is 11.4. The summed E-state index contributed by atoms with van der Waals surface area (Å²) in [5, 5.41) is 11.1. The van der Waals surface area contributed by atoms with E-state index in [1.54, 1.807) is 12.1 Å². The van der Waals surface area contributed by atoms with Crippen molar-refractivity contribution in [1.82, 2.24) is 15.0 Å². The molecule has 1 aromatic heterocycles. The number of hydrogen-bond acceptors (Lipinski definition) is 3. The number of halogens is 1. The van der Waals surface area contributed by atoms with Gasteiger partial charge in [0.25, 0.3) is 0 Å². The lowest BCUT2D eigenvalue weighted by Crippen LogP contribution is -2.16. The molecular formula is C21H23FN4O. The minimum absolute atomic E-state index is 0.0871. The molecule has 0 aliphatic rings. The molecule has 0 saturated carbocycles. The van der Waals surface area contributed by atoms with Gasteiger partial charge in [-0.25, -0.2) is 4.39 Å². The molecule has 1 amide bonds. The Balaban J connectivity index is 1.57. The summed E-state index contributed by atoms with van der Waals surface area (Å²) in [5.74, 6) is -0.0311. The van der Waals surface area contributed by atoms with Gasteiger partial charge < -0.3 is 5.32 Å². The van der Waals surface area contributed by atoms with Gasteiger partial charge in [-0.3, -0.25) is 4.79 Å². The molecule has 6 heteroatoms. The maximum Gasteiger partial charge on any atom is 0.230 e. The third kappa shape index (κ3) is 5.23. The van der Waals surface area contributed by atoms with E-state index in [-0.39, 0.29) is 23.6 Å². The van der Waals surface area contributed by atoms with Crippen LogP contribution >= 0.6 is 0 Å². The standard InChI is InChI=1S/C21H23FN4O/c1-21(2,3)17-8-4-15(5-9-17)12-20(27)24-19-13-23-26(25-19)14-16-6-10-18(22)11-7-16/h4-11,13H,12,14H2,1-3H3,(H,24,25,27). The van der Waals surface area contributed by atoms with Crippen molar-refractivity contribution in [3.63, 3.8) is 0 Å². The largest absolute Gasteiger partial charge is 0.308 e. The van der Waals surface area contributed by atoms with Gasteiger partial charge in [0.05, 0.1) is 19.2 Å². The second-order valence-corrected chi connectivity index (χ2v) is 7.56. The number of nitrogens with one attached hydrogen (secondary N) is 1. The first-order chi connectivity index (χ1) is 12.8. The lowest BCUT2D eigenvalue weighted by Gasteiger charge is -2.19. The topological polar surface area (TPSA) is 59.8 Å². The van der Waals surface area contributed by atoms with Crippen LogP contribution in [0.5, 0.6) is 0 Å². The number of rotatable bonds is 5. The molecule has 27 heavy (non-hydrogen) atoms. The molecule has 3 aromatic rings. The molecule has 0 unspecified atom stereocenters. The number of carbonyl (C=O) groups excluding carboxylic acids is 1. The summed E-state index contributed by atoms with van der Waals surface area (Å²) in [4.78, 5) is 13.7. The Bertz CT molecular complexity index is 909. The summed E-state index contributed by atoms with van der Waals surface area (Å²) >= 11 is 0. The maximum absolute atomic E-state index is 12.9. The minimum atomic E-state index is -0.282. The predicted octanol–water partition coefficient (Wildman–Crippen LogP) is 3.94. The SMILES string of the molecule is CC(C)(C)c1ccc(CC(=O)Nc2cnn(Cc3ccc(F)cc3)n2)cc1. The summed E-state index contributed by atoms with van der Waals surface area (Å²) < 4.78 is 12.9. The van der Waals surface area contributed by atoms with Crippen LogP contribution in [0.15, 0.2) is 54.7 Å². The fourth-order valence-corrected chi connectivity index (χ4v) is 2.68. The number of nitrogens with zero attached hydrogens (tertiary/aromatic N) is 3. The number of hydrogen-bond donors (Lipinski definition) is 1. The fourth-order valence-electron chi connectivity index (χ4n) is 2.68. The van der Waals surface area contributed by atoms with Crippen LogP contribution in [-0.2, 0) is 23.2 Å². The molecule has 5 nitrogen and oxygen atoms in total. The number of anilines is 1. The summed E-state index contributed by atoms with van der Waals surface area (Å²) in [6.45, 7) is 6.88. The van der Waals surface area contributed by atoms with Crippen LogP contribution in [0, 0.1) is 5.82 Å². The molecule has 1 N–H and O–H groups in total. The number of carbonyl (C=O) groups is 1. The summed E-state index contributed by atoms with van der Waals surface area (Å²) in [5.41, 5.74) is 3.14. The minimum Gasteiger partial charge on any atom is -0.308 e. The van der Waals surface area contributed by atoms with E-state index in [0.29, 0.717) is 12.4 Å². The van der Waals surface area contributed by atoms with E-state index >= 15 is 0 Å². The van der Waals surface area contributed by atoms with Gasteiger partial charge in [-0.15, -0.1) is 5.10 Å². The van der Waals surface area contributed by atoms with Crippen molar-refractivity contribution in [3.8, 4) is 0 Å². The van der Waals surface area contributed by atoms with Gasteiger partial charge in [0.15, 0.2) is 5.82 Å². The fraction of sp³-hybridized carbons (Fsp3) is 0.286. The van der Waals surface area contributed by atoms with Crippen LogP contribution in [0.3, 0.4) is 0 Å². The third-order valence-corrected chi connectivity index (χ3v) is 4.23. The Kier molecular flexibility index (Phi) is 5.35. The van der Waals surface area contributed by atoms with E-state index in [2.05, 4.69) is 48.4 Å². The Morgan fingerprint density at radius 2 is 1.67 bits per heavy atom. The summed E-state index contributed by atoms with van der Waals surface area (Å²) in [6, 6.07) is 14.2. The molecule has 140 valence electrons. The zero-order chi connectivity index (χ0) is 19.4. The highest BCUT2D eigenvalue weighted by Gasteiger charge is 2.13. The molecule has 0 aliphatic heterocycles. The second kappa shape index (κ2) is 7.70. The molecule has 0 fully saturated rings. The van der Waals surface area contributed by atoms with Gasteiger partial charge >= 0.3 is 0 Å². The average molecular weight is 366 g/mol. The maximum atomic E-state index is 12.9. The van der Waals surface area contributed by atoms with E-state index in [1.165, 1.54) is 28.7 Å². The predicted molar refractivity (Wildman–Crippen MR) is 103 cm³/mol. The van der Waals surface area contributed by atoms with Gasteiger partial charge in [-0.2, -0.15) is 9.90 Å². The van der Waals surface area contributed by atoms with Crippen LogP contribution in [0.2, 0.25) is 0 Å². The molecule has 0 radical (unpaired) electrons. The van der Waals surface area contributed by atoms with E-state index in [9.17, 15) is 9.18 Å². The van der Waals surface area contributed by atoms with Gasteiger partial charge in [0.2, 0.25) is 5.91 Å². The van der Waals surface area contributed by atoms with Gasteiger partial charge in [-0.05, 0) is 34.2 Å². The molecule has 2 aromatic carbocycles. The Morgan fingerprint density at radius 3 is 2.30 bits per heavy atom. The number of amides is 1.